The molecule has 1 saturated heterocycles. The number of rotatable bonds is 6. The molecular formula is C22H22N4O5S2. The molecule has 3 aromatic rings. The normalized spacial score (nSPS) is 13.2. The van der Waals surface area contributed by atoms with E-state index in [9.17, 15) is 14.4 Å². The van der Waals surface area contributed by atoms with Crippen molar-refractivity contribution >= 4 is 62.7 Å². The van der Waals surface area contributed by atoms with E-state index in [1.54, 1.807) is 6.07 Å². The van der Waals surface area contributed by atoms with Crippen molar-refractivity contribution in [3.63, 3.8) is 0 Å². The number of anilines is 2. The third-order valence-corrected chi connectivity index (χ3v) is 6.77. The first-order valence-electron chi connectivity index (χ1n) is 10.2. The zero-order valence-corrected chi connectivity index (χ0v) is 20.0. The molecule has 1 N–H and O–H groups in total. The minimum Gasteiger partial charge on any atom is -0.465 e. The van der Waals surface area contributed by atoms with Crippen LogP contribution in [0.1, 0.15) is 43.2 Å². The van der Waals surface area contributed by atoms with Crippen LogP contribution in [0.15, 0.2) is 29.4 Å². The van der Waals surface area contributed by atoms with Crippen molar-refractivity contribution in [3.8, 4) is 0 Å². The molecule has 1 aliphatic heterocycles. The van der Waals surface area contributed by atoms with Gasteiger partial charge >= 0.3 is 11.9 Å². The molecule has 0 atom stereocenters. The van der Waals surface area contributed by atoms with Crippen molar-refractivity contribution in [1.29, 1.82) is 0 Å². The first-order valence-corrected chi connectivity index (χ1v) is 12.2. The summed E-state index contributed by atoms with van der Waals surface area (Å²) in [4.78, 5) is 49.8. The number of benzene rings is 1. The summed E-state index contributed by atoms with van der Waals surface area (Å²) in [5.41, 5.74) is 0.522. The average molecular weight is 487 g/mol. The number of nitrogens with one attached hydrogen (secondary N) is 1. The minimum atomic E-state index is -0.631. The fraction of sp³-hybridized carbons (Fsp3) is 0.318. The second kappa shape index (κ2) is 9.75. The van der Waals surface area contributed by atoms with Gasteiger partial charge in [-0.3, -0.25) is 4.79 Å². The number of nitrogens with zero attached hydrogens (tertiary/aromatic N) is 3. The molecule has 0 bridgehead atoms. The van der Waals surface area contributed by atoms with Crippen LogP contribution in [0.2, 0.25) is 0 Å². The molecule has 33 heavy (non-hydrogen) atoms. The highest BCUT2D eigenvalue weighted by Crippen LogP contribution is 2.34. The van der Waals surface area contributed by atoms with Gasteiger partial charge in [0.2, 0.25) is 0 Å². The number of thiophene rings is 1. The summed E-state index contributed by atoms with van der Waals surface area (Å²) in [6.45, 7) is 1.85. The van der Waals surface area contributed by atoms with Gasteiger partial charge in [-0.2, -0.15) is 0 Å². The third kappa shape index (κ3) is 4.79. The number of carbonyl (C=O) groups excluding carboxylic acids is 3. The lowest BCUT2D eigenvalue weighted by Crippen LogP contribution is -2.19. The summed E-state index contributed by atoms with van der Waals surface area (Å²) in [5.74, 6) is -0.798. The van der Waals surface area contributed by atoms with Gasteiger partial charge in [0, 0.05) is 18.8 Å². The van der Waals surface area contributed by atoms with E-state index in [2.05, 4.69) is 20.2 Å². The molecule has 172 valence electrons. The van der Waals surface area contributed by atoms with Crippen molar-refractivity contribution in [2.45, 2.75) is 18.0 Å². The predicted octanol–water partition coefficient (Wildman–Crippen LogP) is 3.84. The largest absolute Gasteiger partial charge is 0.465 e. The van der Waals surface area contributed by atoms with Crippen LogP contribution in [0.5, 0.6) is 0 Å². The Balaban J connectivity index is 1.68. The number of aromatic nitrogens is 2. The lowest BCUT2D eigenvalue weighted by atomic mass is 10.1. The third-order valence-electron chi connectivity index (χ3n) is 5.20. The van der Waals surface area contributed by atoms with Crippen LogP contribution in [0, 0.1) is 0 Å². The van der Waals surface area contributed by atoms with Crippen molar-refractivity contribution < 1.29 is 23.9 Å². The van der Waals surface area contributed by atoms with Gasteiger partial charge in [-0.05, 0) is 43.4 Å². The summed E-state index contributed by atoms with van der Waals surface area (Å²) in [7, 11) is 2.48. The molecule has 0 saturated carbocycles. The van der Waals surface area contributed by atoms with E-state index in [0.29, 0.717) is 10.0 Å². The molecule has 1 amide bonds. The summed E-state index contributed by atoms with van der Waals surface area (Å²) in [6, 6.07) is 6.04. The summed E-state index contributed by atoms with van der Waals surface area (Å²) in [5, 5.41) is 4.26. The van der Waals surface area contributed by atoms with E-state index in [-0.39, 0.29) is 22.7 Å². The fourth-order valence-corrected chi connectivity index (χ4v) is 4.96. The van der Waals surface area contributed by atoms with Crippen LogP contribution in [0.3, 0.4) is 0 Å². The molecule has 1 aromatic carbocycles. The minimum absolute atomic E-state index is 0.124. The Bertz CT molecular complexity index is 1200. The Hall–Kier alpha value is -3.18. The Kier molecular flexibility index (Phi) is 6.80. The molecule has 11 heteroatoms. The van der Waals surface area contributed by atoms with Crippen molar-refractivity contribution in [1.82, 2.24) is 9.97 Å². The molecule has 4 rings (SSSR count). The average Bonchev–Trinajstić information content (AvgIpc) is 3.52. The smallest absolute Gasteiger partial charge is 0.337 e. The first kappa shape index (κ1) is 23.0. The maximum absolute atomic E-state index is 13.1. The Labute approximate surface area is 198 Å². The zero-order valence-electron chi connectivity index (χ0n) is 18.3. The molecule has 0 aliphatic carbocycles. The standard InChI is InChI=1S/C22H22N4O5S2/c1-30-20(28)12-8-13(21(29)31-2)10-14(9-12)23-18(27)16-11-15-17(26-6-4-5-7-26)24-22(32-3)25-19(15)33-16/h8-11H,4-7H2,1-3H3,(H,23,27). The van der Waals surface area contributed by atoms with Gasteiger partial charge in [0.15, 0.2) is 5.16 Å². The van der Waals surface area contributed by atoms with E-state index < -0.39 is 11.9 Å². The van der Waals surface area contributed by atoms with E-state index in [4.69, 9.17) is 9.47 Å². The number of thioether (sulfide) groups is 1. The molecule has 0 radical (unpaired) electrons. The molecule has 0 spiro atoms. The Morgan fingerprint density at radius 2 is 1.64 bits per heavy atom. The lowest BCUT2D eigenvalue weighted by Gasteiger charge is -2.17. The molecule has 1 fully saturated rings. The fourth-order valence-electron chi connectivity index (χ4n) is 3.62. The van der Waals surface area contributed by atoms with Gasteiger partial charge in [0.1, 0.15) is 10.6 Å². The molecule has 0 unspecified atom stereocenters. The number of methoxy groups -OCH3 is 2. The second-order valence-electron chi connectivity index (χ2n) is 7.29. The monoisotopic (exact) mass is 486 g/mol. The number of fused-ring (bicyclic) bond motifs is 1. The zero-order chi connectivity index (χ0) is 23.5. The highest BCUT2D eigenvalue weighted by atomic mass is 32.2. The van der Waals surface area contributed by atoms with Crippen LogP contribution >= 0.6 is 23.1 Å². The number of hydrogen-bond acceptors (Lipinski definition) is 10. The predicted molar refractivity (Wildman–Crippen MR) is 128 cm³/mol. The van der Waals surface area contributed by atoms with Crippen molar-refractivity contribution in [2.24, 2.45) is 0 Å². The number of esters is 2. The van der Waals surface area contributed by atoms with Crippen molar-refractivity contribution in [3.05, 3.63) is 40.3 Å². The number of carbonyl (C=O) groups is 3. The summed E-state index contributed by atoms with van der Waals surface area (Å²) >= 11 is 2.73. The van der Waals surface area contributed by atoms with E-state index in [0.717, 1.165) is 42.0 Å². The number of ether oxygens (including phenoxy) is 2. The van der Waals surface area contributed by atoms with Crippen LogP contribution in [0.25, 0.3) is 10.2 Å². The van der Waals surface area contributed by atoms with Gasteiger partial charge in [-0.1, -0.05) is 11.8 Å². The molecule has 1 aliphatic rings. The van der Waals surface area contributed by atoms with Gasteiger partial charge in [-0.15, -0.1) is 11.3 Å². The molecule has 3 heterocycles. The molecule has 2 aromatic heterocycles. The number of amides is 1. The Morgan fingerprint density at radius 1 is 1.00 bits per heavy atom. The van der Waals surface area contributed by atoms with Gasteiger partial charge in [0.05, 0.1) is 35.6 Å². The van der Waals surface area contributed by atoms with Crippen LogP contribution in [-0.2, 0) is 9.47 Å². The van der Waals surface area contributed by atoms with E-state index >= 15 is 0 Å². The quantitative estimate of drug-likeness (QED) is 0.316. The summed E-state index contributed by atoms with van der Waals surface area (Å²) in [6.07, 6.45) is 4.14. The molecule has 9 nitrogen and oxygen atoms in total. The SMILES string of the molecule is COC(=O)c1cc(NC(=O)c2cc3c(N4CCCC4)nc(SC)nc3s2)cc(C(=O)OC)c1. The van der Waals surface area contributed by atoms with Crippen molar-refractivity contribution in [2.75, 3.05) is 43.8 Å². The summed E-state index contributed by atoms with van der Waals surface area (Å²) < 4.78 is 9.50. The van der Waals surface area contributed by atoms with Crippen LogP contribution < -0.4 is 10.2 Å². The van der Waals surface area contributed by atoms with Gasteiger partial charge in [-0.25, -0.2) is 19.6 Å². The highest BCUT2D eigenvalue weighted by molar-refractivity contribution is 7.98. The van der Waals surface area contributed by atoms with Gasteiger partial charge < -0.3 is 19.7 Å². The highest BCUT2D eigenvalue weighted by Gasteiger charge is 2.22. The van der Waals surface area contributed by atoms with Crippen LogP contribution in [0.4, 0.5) is 11.5 Å². The lowest BCUT2D eigenvalue weighted by molar-refractivity contribution is 0.0599. The van der Waals surface area contributed by atoms with Gasteiger partial charge in [0.25, 0.3) is 5.91 Å². The Morgan fingerprint density at radius 3 is 2.21 bits per heavy atom. The number of hydrogen-bond donors (Lipinski definition) is 1. The maximum Gasteiger partial charge on any atom is 0.337 e. The second-order valence-corrected chi connectivity index (χ2v) is 9.10. The maximum atomic E-state index is 13.1. The first-order chi connectivity index (χ1) is 15.9. The van der Waals surface area contributed by atoms with E-state index in [1.807, 2.05) is 6.26 Å². The van der Waals surface area contributed by atoms with Crippen LogP contribution in [-0.4, -0.2) is 61.4 Å². The molecular weight excluding hydrogens is 464 g/mol. The van der Waals surface area contributed by atoms with E-state index in [1.165, 1.54) is 55.5 Å². The topological polar surface area (TPSA) is 111 Å².